The molecule has 0 aliphatic heterocycles. The molecular weight excluding hydrogens is 476 g/mol. The molecule has 0 unspecified atom stereocenters. The number of methoxy groups -OCH3 is 1. The highest BCUT2D eigenvalue weighted by Crippen LogP contribution is 2.33. The molecule has 0 fully saturated rings. The summed E-state index contributed by atoms with van der Waals surface area (Å²) in [5, 5.41) is 7.85. The van der Waals surface area contributed by atoms with Gasteiger partial charge in [-0.05, 0) is 61.2 Å². The van der Waals surface area contributed by atoms with Gasteiger partial charge in [-0.1, -0.05) is 62.4 Å². The molecule has 38 heavy (non-hydrogen) atoms. The summed E-state index contributed by atoms with van der Waals surface area (Å²) in [6.45, 7) is 8.28. The van der Waals surface area contributed by atoms with Gasteiger partial charge in [0.1, 0.15) is 18.1 Å². The molecular formula is C31H34N4O3. The summed E-state index contributed by atoms with van der Waals surface area (Å²) < 4.78 is 7.03. The number of anilines is 1. The van der Waals surface area contributed by atoms with Crippen LogP contribution in [0.2, 0.25) is 0 Å². The molecule has 0 radical (unpaired) electrons. The third-order valence-corrected chi connectivity index (χ3v) is 6.28. The van der Waals surface area contributed by atoms with Crippen LogP contribution in [0.3, 0.4) is 0 Å². The zero-order chi connectivity index (χ0) is 27.2. The lowest BCUT2D eigenvalue weighted by molar-refractivity contribution is -0.117. The summed E-state index contributed by atoms with van der Waals surface area (Å²) in [5.41, 5.74) is 4.81. The molecule has 0 spiro atoms. The van der Waals surface area contributed by atoms with E-state index in [-0.39, 0.29) is 24.3 Å². The molecule has 196 valence electrons. The number of carbonyl (C=O) groups excluding carboxylic acids is 2. The van der Waals surface area contributed by atoms with Gasteiger partial charge in [0.2, 0.25) is 5.91 Å². The van der Waals surface area contributed by atoms with Crippen LogP contribution in [0.4, 0.5) is 5.82 Å². The molecule has 0 bridgehead atoms. The summed E-state index contributed by atoms with van der Waals surface area (Å²) in [6, 6.07) is 24.8. The molecule has 0 aliphatic carbocycles. The predicted molar refractivity (Wildman–Crippen MR) is 151 cm³/mol. The van der Waals surface area contributed by atoms with Crippen molar-refractivity contribution in [3.63, 3.8) is 0 Å². The first-order chi connectivity index (χ1) is 18.3. The third kappa shape index (κ3) is 5.94. The van der Waals surface area contributed by atoms with Crippen molar-refractivity contribution in [3.05, 3.63) is 95.7 Å². The Hall–Kier alpha value is -4.39. The van der Waals surface area contributed by atoms with E-state index in [1.165, 1.54) is 0 Å². The second-order valence-electron chi connectivity index (χ2n) is 9.73. The number of aryl methyl sites for hydroxylation is 2. The first kappa shape index (κ1) is 26.7. The topological polar surface area (TPSA) is 76.5 Å². The van der Waals surface area contributed by atoms with Crippen LogP contribution in [-0.4, -0.2) is 46.7 Å². The van der Waals surface area contributed by atoms with Crippen molar-refractivity contribution in [3.8, 4) is 22.6 Å². The highest BCUT2D eigenvalue weighted by molar-refractivity contribution is 6.01. The van der Waals surface area contributed by atoms with Crippen molar-refractivity contribution in [1.82, 2.24) is 14.7 Å². The summed E-state index contributed by atoms with van der Waals surface area (Å²) in [7, 11) is 1.62. The Balaban J connectivity index is 1.70. The van der Waals surface area contributed by atoms with E-state index >= 15 is 0 Å². The Morgan fingerprint density at radius 1 is 0.947 bits per heavy atom. The molecule has 7 heteroatoms. The Kier molecular flexibility index (Phi) is 8.26. The van der Waals surface area contributed by atoms with Crippen molar-refractivity contribution in [1.29, 1.82) is 0 Å². The number of carbonyl (C=O) groups is 2. The van der Waals surface area contributed by atoms with Gasteiger partial charge in [-0.15, -0.1) is 0 Å². The first-order valence-corrected chi connectivity index (χ1v) is 12.7. The molecule has 1 N–H and O–H groups in total. The van der Waals surface area contributed by atoms with Crippen molar-refractivity contribution in [2.45, 2.75) is 27.7 Å². The highest BCUT2D eigenvalue weighted by atomic mass is 16.5. The molecule has 4 aromatic rings. The maximum Gasteiger partial charge on any atom is 0.254 e. The standard InChI is InChI=1S/C31H34N4O3/c1-21(2)19-34(31(37)27-14-10-9-11-22(27)3)20-28(36)32-30-29(24-12-7-6-8-13-24)23(4)33-35(30)25-15-17-26(38-5)18-16-25/h6-18,21H,19-20H2,1-5H3,(H,32,36). The Morgan fingerprint density at radius 2 is 1.61 bits per heavy atom. The van der Waals surface area contributed by atoms with Gasteiger partial charge in [-0.3, -0.25) is 9.59 Å². The summed E-state index contributed by atoms with van der Waals surface area (Å²) >= 11 is 0. The van der Waals surface area contributed by atoms with Crippen LogP contribution in [0.5, 0.6) is 5.75 Å². The summed E-state index contributed by atoms with van der Waals surface area (Å²) in [6.07, 6.45) is 0. The van der Waals surface area contributed by atoms with Gasteiger partial charge < -0.3 is 15.0 Å². The highest BCUT2D eigenvalue weighted by Gasteiger charge is 2.24. The third-order valence-electron chi connectivity index (χ3n) is 6.28. The molecule has 1 heterocycles. The lowest BCUT2D eigenvalue weighted by Gasteiger charge is -2.25. The van der Waals surface area contributed by atoms with Crippen LogP contribution in [0, 0.1) is 19.8 Å². The molecule has 1 aromatic heterocycles. The van der Waals surface area contributed by atoms with Gasteiger partial charge in [0, 0.05) is 17.7 Å². The fraction of sp³-hybridized carbons (Fsp3) is 0.258. The normalized spacial score (nSPS) is 10.9. The second kappa shape index (κ2) is 11.8. The molecule has 2 amide bonds. The average Bonchev–Trinajstić information content (AvgIpc) is 3.23. The number of nitrogens with one attached hydrogen (secondary N) is 1. The van der Waals surface area contributed by atoms with E-state index in [1.54, 1.807) is 22.8 Å². The summed E-state index contributed by atoms with van der Waals surface area (Å²) in [5.74, 6) is 1.03. The van der Waals surface area contributed by atoms with Crippen molar-refractivity contribution >= 4 is 17.6 Å². The van der Waals surface area contributed by atoms with Crippen LogP contribution >= 0.6 is 0 Å². The van der Waals surface area contributed by atoms with Crippen LogP contribution in [0.25, 0.3) is 16.8 Å². The fourth-order valence-corrected chi connectivity index (χ4v) is 4.49. The number of hydrogen-bond donors (Lipinski definition) is 1. The zero-order valence-electron chi connectivity index (χ0n) is 22.6. The van der Waals surface area contributed by atoms with Gasteiger partial charge in [0.05, 0.1) is 18.5 Å². The number of ether oxygens (including phenoxy) is 1. The van der Waals surface area contributed by atoms with Gasteiger partial charge >= 0.3 is 0 Å². The van der Waals surface area contributed by atoms with E-state index in [4.69, 9.17) is 9.84 Å². The number of aromatic nitrogens is 2. The van der Waals surface area contributed by atoms with Crippen molar-refractivity contribution in [2.75, 3.05) is 25.5 Å². The van der Waals surface area contributed by atoms with Crippen LogP contribution in [0.1, 0.15) is 35.5 Å². The van der Waals surface area contributed by atoms with Crippen LogP contribution in [-0.2, 0) is 4.79 Å². The Bertz CT molecular complexity index is 1410. The minimum absolute atomic E-state index is 0.0770. The molecule has 0 atom stereocenters. The average molecular weight is 511 g/mol. The maximum atomic E-state index is 13.5. The van der Waals surface area contributed by atoms with Crippen LogP contribution in [0.15, 0.2) is 78.9 Å². The molecule has 4 rings (SSSR count). The number of amides is 2. The van der Waals surface area contributed by atoms with E-state index < -0.39 is 0 Å². The van der Waals surface area contributed by atoms with Crippen molar-refractivity contribution < 1.29 is 14.3 Å². The Labute approximate surface area is 224 Å². The number of benzene rings is 3. The minimum atomic E-state index is -0.292. The number of hydrogen-bond acceptors (Lipinski definition) is 4. The lowest BCUT2D eigenvalue weighted by atomic mass is 10.1. The maximum absolute atomic E-state index is 13.5. The van der Waals surface area contributed by atoms with E-state index in [1.807, 2.05) is 100 Å². The van der Waals surface area contributed by atoms with Gasteiger partial charge in [-0.25, -0.2) is 4.68 Å². The second-order valence-corrected chi connectivity index (χ2v) is 9.73. The quantitative estimate of drug-likeness (QED) is 0.304. The molecule has 0 saturated heterocycles. The van der Waals surface area contributed by atoms with Gasteiger partial charge in [0.15, 0.2) is 0 Å². The molecule has 0 saturated carbocycles. The summed E-state index contributed by atoms with van der Waals surface area (Å²) in [4.78, 5) is 28.6. The molecule has 3 aromatic carbocycles. The monoisotopic (exact) mass is 510 g/mol. The largest absolute Gasteiger partial charge is 0.497 e. The molecule has 7 nitrogen and oxygen atoms in total. The number of nitrogens with zero attached hydrogens (tertiary/aromatic N) is 3. The van der Waals surface area contributed by atoms with Gasteiger partial charge in [-0.2, -0.15) is 5.10 Å². The zero-order valence-corrected chi connectivity index (χ0v) is 22.6. The van der Waals surface area contributed by atoms with Crippen LogP contribution < -0.4 is 10.1 Å². The Morgan fingerprint density at radius 3 is 2.24 bits per heavy atom. The van der Waals surface area contributed by atoms with E-state index in [9.17, 15) is 9.59 Å². The SMILES string of the molecule is COc1ccc(-n2nc(C)c(-c3ccccc3)c2NC(=O)CN(CC(C)C)C(=O)c2ccccc2C)cc1. The van der Waals surface area contributed by atoms with Crippen molar-refractivity contribution in [2.24, 2.45) is 5.92 Å². The smallest absolute Gasteiger partial charge is 0.254 e. The van der Waals surface area contributed by atoms with Gasteiger partial charge in [0.25, 0.3) is 5.91 Å². The number of rotatable bonds is 9. The fourth-order valence-electron chi connectivity index (χ4n) is 4.49. The van der Waals surface area contributed by atoms with E-state index in [2.05, 4.69) is 5.32 Å². The minimum Gasteiger partial charge on any atom is -0.497 e. The molecule has 0 aliphatic rings. The lowest BCUT2D eigenvalue weighted by Crippen LogP contribution is -2.40. The predicted octanol–water partition coefficient (Wildman–Crippen LogP) is 5.90. The van der Waals surface area contributed by atoms with E-state index in [0.717, 1.165) is 33.8 Å². The van der Waals surface area contributed by atoms with E-state index in [0.29, 0.717) is 17.9 Å². The first-order valence-electron chi connectivity index (χ1n) is 12.7.